The number of anilines is 2. The predicted octanol–water partition coefficient (Wildman–Crippen LogP) is 0.721. The summed E-state index contributed by atoms with van der Waals surface area (Å²) in [7, 11) is 0. The van der Waals surface area contributed by atoms with Crippen LogP contribution < -0.4 is 22.9 Å². The molecular weight excluding hydrogens is 252 g/mol. The van der Waals surface area contributed by atoms with Crippen molar-refractivity contribution in [1.29, 1.82) is 0 Å². The molecule has 0 aliphatic carbocycles. The molecule has 1 atom stereocenters. The summed E-state index contributed by atoms with van der Waals surface area (Å²) in [6.45, 7) is 0. The number of nitrogens with two attached hydrogens (primary N) is 4. The summed E-state index contributed by atoms with van der Waals surface area (Å²) in [5, 5.41) is 9.57. The SMILES string of the molecule is Nc1ccc(C(N)(CC(N)O)c2ccc(N)cc2)cc1. The van der Waals surface area contributed by atoms with E-state index >= 15 is 0 Å². The van der Waals surface area contributed by atoms with Crippen LogP contribution in [0.4, 0.5) is 11.4 Å². The van der Waals surface area contributed by atoms with Gasteiger partial charge in [0, 0.05) is 17.8 Å². The van der Waals surface area contributed by atoms with Crippen LogP contribution in [-0.2, 0) is 5.54 Å². The predicted molar refractivity (Wildman–Crippen MR) is 81.5 cm³/mol. The molecule has 0 aromatic heterocycles. The van der Waals surface area contributed by atoms with E-state index in [-0.39, 0.29) is 6.42 Å². The van der Waals surface area contributed by atoms with Crippen molar-refractivity contribution in [3.05, 3.63) is 59.7 Å². The van der Waals surface area contributed by atoms with Crippen molar-refractivity contribution >= 4 is 11.4 Å². The van der Waals surface area contributed by atoms with Gasteiger partial charge in [0.05, 0.1) is 5.54 Å². The van der Waals surface area contributed by atoms with E-state index in [4.69, 9.17) is 22.9 Å². The van der Waals surface area contributed by atoms with Crippen LogP contribution in [0.1, 0.15) is 17.5 Å². The van der Waals surface area contributed by atoms with Crippen molar-refractivity contribution in [2.75, 3.05) is 11.5 Å². The second-order valence-corrected chi connectivity index (χ2v) is 4.99. The summed E-state index contributed by atoms with van der Waals surface area (Å²) in [4.78, 5) is 0. The fraction of sp³-hybridized carbons (Fsp3) is 0.200. The number of benzene rings is 2. The van der Waals surface area contributed by atoms with Gasteiger partial charge in [0.25, 0.3) is 0 Å². The van der Waals surface area contributed by atoms with Gasteiger partial charge in [0.15, 0.2) is 0 Å². The summed E-state index contributed by atoms with van der Waals surface area (Å²) >= 11 is 0. The zero-order valence-corrected chi connectivity index (χ0v) is 11.2. The van der Waals surface area contributed by atoms with Gasteiger partial charge in [-0.25, -0.2) is 0 Å². The van der Waals surface area contributed by atoms with Crippen molar-refractivity contribution in [2.24, 2.45) is 11.5 Å². The van der Waals surface area contributed by atoms with Crippen molar-refractivity contribution in [3.8, 4) is 0 Å². The van der Waals surface area contributed by atoms with Gasteiger partial charge in [-0.1, -0.05) is 24.3 Å². The van der Waals surface area contributed by atoms with Gasteiger partial charge in [-0.3, -0.25) is 0 Å². The Hall–Kier alpha value is -2.08. The number of aliphatic hydroxyl groups excluding tert-OH is 1. The van der Waals surface area contributed by atoms with E-state index in [1.54, 1.807) is 24.3 Å². The molecule has 0 aliphatic rings. The summed E-state index contributed by atoms with van der Waals surface area (Å²) in [6, 6.07) is 14.5. The molecule has 0 heterocycles. The maximum Gasteiger partial charge on any atom is 0.104 e. The molecule has 5 nitrogen and oxygen atoms in total. The summed E-state index contributed by atoms with van der Waals surface area (Å²) < 4.78 is 0. The molecule has 2 aromatic carbocycles. The van der Waals surface area contributed by atoms with Gasteiger partial charge in [-0.15, -0.1) is 0 Å². The lowest BCUT2D eigenvalue weighted by Gasteiger charge is -2.32. The molecule has 5 heteroatoms. The molecular formula is C15H20N4O. The fourth-order valence-electron chi connectivity index (χ4n) is 2.29. The van der Waals surface area contributed by atoms with Crippen LogP contribution in [0.15, 0.2) is 48.5 Å². The standard InChI is InChI=1S/C15H20N4O/c16-12-5-1-10(2-6-12)15(19,9-14(18)20)11-3-7-13(17)8-4-11/h1-8,14,20H,9,16-19H2. The Kier molecular flexibility index (Phi) is 3.94. The summed E-state index contributed by atoms with van der Waals surface area (Å²) in [5.41, 5.74) is 25.5. The Morgan fingerprint density at radius 3 is 1.50 bits per heavy atom. The van der Waals surface area contributed by atoms with Crippen molar-refractivity contribution in [1.82, 2.24) is 0 Å². The lowest BCUT2D eigenvalue weighted by molar-refractivity contribution is 0.147. The average Bonchev–Trinajstić information content (AvgIpc) is 2.39. The van der Waals surface area contributed by atoms with E-state index in [0.717, 1.165) is 11.1 Å². The van der Waals surface area contributed by atoms with Gasteiger partial charge in [-0.2, -0.15) is 0 Å². The molecule has 0 saturated heterocycles. The molecule has 106 valence electrons. The molecule has 0 saturated carbocycles. The minimum Gasteiger partial charge on any atom is -0.399 e. The van der Waals surface area contributed by atoms with E-state index in [1.807, 2.05) is 24.3 Å². The Morgan fingerprint density at radius 1 is 0.850 bits per heavy atom. The van der Waals surface area contributed by atoms with Gasteiger partial charge in [0.2, 0.25) is 0 Å². The highest BCUT2D eigenvalue weighted by atomic mass is 16.3. The molecule has 9 N–H and O–H groups in total. The molecule has 0 aliphatic heterocycles. The average molecular weight is 272 g/mol. The normalized spacial score (nSPS) is 13.2. The third-order valence-corrected chi connectivity index (χ3v) is 3.38. The zero-order chi connectivity index (χ0) is 14.8. The first-order chi connectivity index (χ1) is 9.41. The minimum absolute atomic E-state index is 0.195. The number of nitrogen functional groups attached to an aromatic ring is 2. The van der Waals surface area contributed by atoms with Crippen LogP contribution in [-0.4, -0.2) is 11.3 Å². The molecule has 1 unspecified atom stereocenters. The first kappa shape index (κ1) is 14.3. The van der Waals surface area contributed by atoms with E-state index in [0.29, 0.717) is 11.4 Å². The smallest absolute Gasteiger partial charge is 0.104 e. The van der Waals surface area contributed by atoms with Crippen molar-refractivity contribution in [3.63, 3.8) is 0 Å². The monoisotopic (exact) mass is 272 g/mol. The molecule has 0 amide bonds. The molecule has 20 heavy (non-hydrogen) atoms. The highest BCUT2D eigenvalue weighted by Gasteiger charge is 2.31. The Bertz CT molecular complexity index is 518. The molecule has 0 fully saturated rings. The third-order valence-electron chi connectivity index (χ3n) is 3.38. The second-order valence-electron chi connectivity index (χ2n) is 4.99. The molecule has 0 radical (unpaired) electrons. The third kappa shape index (κ3) is 2.91. The number of hydrogen-bond acceptors (Lipinski definition) is 5. The zero-order valence-electron chi connectivity index (χ0n) is 11.2. The first-order valence-corrected chi connectivity index (χ1v) is 6.36. The van der Waals surface area contributed by atoms with Crippen LogP contribution in [0.5, 0.6) is 0 Å². The van der Waals surface area contributed by atoms with Gasteiger partial charge < -0.3 is 28.0 Å². The number of rotatable bonds is 4. The molecule has 0 spiro atoms. The fourth-order valence-corrected chi connectivity index (χ4v) is 2.29. The van der Waals surface area contributed by atoms with E-state index < -0.39 is 11.8 Å². The van der Waals surface area contributed by atoms with Crippen LogP contribution >= 0.6 is 0 Å². The lowest BCUT2D eigenvalue weighted by atomic mass is 9.80. The Labute approximate surface area is 118 Å². The highest BCUT2D eigenvalue weighted by Crippen LogP contribution is 2.32. The Balaban J connectivity index is 2.49. The highest BCUT2D eigenvalue weighted by molar-refractivity contribution is 5.48. The van der Waals surface area contributed by atoms with E-state index in [9.17, 15) is 5.11 Å². The Morgan fingerprint density at radius 2 is 1.20 bits per heavy atom. The second kappa shape index (κ2) is 5.50. The van der Waals surface area contributed by atoms with Crippen LogP contribution in [0.25, 0.3) is 0 Å². The van der Waals surface area contributed by atoms with Crippen molar-refractivity contribution < 1.29 is 5.11 Å². The van der Waals surface area contributed by atoms with Gasteiger partial charge in [0.1, 0.15) is 6.23 Å². The minimum atomic E-state index is -1.02. The van der Waals surface area contributed by atoms with Crippen molar-refractivity contribution in [2.45, 2.75) is 18.2 Å². The topological polar surface area (TPSA) is 124 Å². The largest absolute Gasteiger partial charge is 0.399 e. The number of aliphatic hydroxyl groups is 1. The quantitative estimate of drug-likeness (QED) is 0.414. The maximum absolute atomic E-state index is 9.57. The molecule has 2 aromatic rings. The van der Waals surface area contributed by atoms with E-state index in [1.165, 1.54) is 0 Å². The van der Waals surface area contributed by atoms with Crippen LogP contribution in [0.3, 0.4) is 0 Å². The van der Waals surface area contributed by atoms with Gasteiger partial charge in [-0.05, 0) is 35.4 Å². The lowest BCUT2D eigenvalue weighted by Crippen LogP contribution is -2.43. The summed E-state index contributed by atoms with van der Waals surface area (Å²) in [5.74, 6) is 0. The molecule has 0 bridgehead atoms. The number of hydrogen-bond donors (Lipinski definition) is 5. The van der Waals surface area contributed by atoms with E-state index in [2.05, 4.69) is 0 Å². The first-order valence-electron chi connectivity index (χ1n) is 6.36. The van der Waals surface area contributed by atoms with Crippen LogP contribution in [0, 0.1) is 0 Å². The van der Waals surface area contributed by atoms with Gasteiger partial charge >= 0.3 is 0 Å². The summed E-state index contributed by atoms with van der Waals surface area (Å²) in [6.07, 6.45) is -0.823. The maximum atomic E-state index is 9.57. The molecule has 2 rings (SSSR count). The van der Waals surface area contributed by atoms with Crippen LogP contribution in [0.2, 0.25) is 0 Å².